The van der Waals surface area contributed by atoms with Gasteiger partial charge in [0.25, 0.3) is 5.71 Å². The average molecular weight is 186 g/mol. The normalized spacial score (nSPS) is 28.2. The molecule has 1 amide bonds. The number of nitrogens with zero attached hydrogens (tertiary/aromatic N) is 2. The first kappa shape index (κ1) is 9.98. The van der Waals surface area contributed by atoms with E-state index in [0.717, 1.165) is 0 Å². The van der Waals surface area contributed by atoms with Crippen LogP contribution in [0.15, 0.2) is 0 Å². The molecule has 1 N–H and O–H groups in total. The van der Waals surface area contributed by atoms with Crippen LogP contribution in [0.5, 0.6) is 0 Å². The van der Waals surface area contributed by atoms with Crippen LogP contribution in [0.25, 0.3) is 0 Å². The Kier molecular flexibility index (Phi) is 2.07. The van der Waals surface area contributed by atoms with Crippen LogP contribution in [0.3, 0.4) is 0 Å². The van der Waals surface area contributed by atoms with Crippen LogP contribution in [0.2, 0.25) is 0 Å². The minimum Gasteiger partial charge on any atom is -0.623 e. The van der Waals surface area contributed by atoms with Crippen LogP contribution >= 0.6 is 0 Å². The lowest BCUT2D eigenvalue weighted by Crippen LogP contribution is -2.61. The van der Waals surface area contributed by atoms with Gasteiger partial charge in [0.2, 0.25) is 0 Å². The summed E-state index contributed by atoms with van der Waals surface area (Å²) in [6.07, 6.45) is 0. The number of amides is 1. The topological polar surface area (TPSA) is 66.6 Å². The zero-order valence-electron chi connectivity index (χ0n) is 8.24. The Hall–Kier alpha value is -1.10. The summed E-state index contributed by atoms with van der Waals surface area (Å²) < 4.78 is 0.659. The first-order valence-electron chi connectivity index (χ1n) is 4.13. The van der Waals surface area contributed by atoms with Crippen molar-refractivity contribution in [2.45, 2.75) is 39.3 Å². The minimum atomic E-state index is -0.785. The highest BCUT2D eigenvalue weighted by Crippen LogP contribution is 2.22. The van der Waals surface area contributed by atoms with Crippen LogP contribution in [0.1, 0.15) is 27.7 Å². The number of carbonyl (C=O) groups excluding carboxylic acids is 1. The summed E-state index contributed by atoms with van der Waals surface area (Å²) in [6.45, 7) is 6.41. The van der Waals surface area contributed by atoms with Gasteiger partial charge in [-0.3, -0.25) is 10.0 Å². The Morgan fingerprint density at radius 3 is 2.54 bits per heavy atom. The highest BCUT2D eigenvalue weighted by Gasteiger charge is 2.47. The van der Waals surface area contributed by atoms with Crippen molar-refractivity contribution in [1.29, 1.82) is 0 Å². The Morgan fingerprint density at radius 1 is 1.62 bits per heavy atom. The largest absolute Gasteiger partial charge is 0.623 e. The fourth-order valence-electron chi connectivity index (χ4n) is 1.33. The van der Waals surface area contributed by atoms with Crippen molar-refractivity contribution in [2.24, 2.45) is 0 Å². The fraction of sp³-hybridized carbons (Fsp3) is 0.750. The van der Waals surface area contributed by atoms with E-state index in [9.17, 15) is 15.2 Å². The lowest BCUT2D eigenvalue weighted by molar-refractivity contribution is -0.557. The van der Waals surface area contributed by atoms with Gasteiger partial charge in [0, 0.05) is 20.8 Å². The molecule has 0 aromatic carbocycles. The molecule has 0 fully saturated rings. The van der Waals surface area contributed by atoms with Gasteiger partial charge in [-0.2, -0.15) is 4.74 Å². The summed E-state index contributed by atoms with van der Waals surface area (Å²) in [5, 5.41) is 21.5. The third kappa shape index (κ3) is 1.19. The maximum Gasteiger partial charge on any atom is 0.338 e. The van der Waals surface area contributed by atoms with E-state index >= 15 is 0 Å². The lowest BCUT2D eigenvalue weighted by Gasteiger charge is -2.38. The summed E-state index contributed by atoms with van der Waals surface area (Å²) in [7, 11) is 0. The predicted molar refractivity (Wildman–Crippen MR) is 46.5 cm³/mol. The van der Waals surface area contributed by atoms with Crippen molar-refractivity contribution in [3.05, 3.63) is 5.21 Å². The number of rotatable bonds is 0. The molecule has 0 spiro atoms. The predicted octanol–water partition coefficient (Wildman–Crippen LogP) is 0.356. The molecular formula is C8H14N2O3. The summed E-state index contributed by atoms with van der Waals surface area (Å²) in [6, 6.07) is -0.513. The molecule has 1 aliphatic heterocycles. The fourth-order valence-corrected chi connectivity index (χ4v) is 1.33. The zero-order chi connectivity index (χ0) is 10.4. The molecule has 1 rings (SSSR count). The first-order chi connectivity index (χ1) is 5.80. The molecule has 0 radical (unpaired) electrons. The molecule has 1 aliphatic rings. The summed E-state index contributed by atoms with van der Waals surface area (Å²) >= 11 is 0. The summed E-state index contributed by atoms with van der Waals surface area (Å²) in [5.41, 5.74) is -0.766. The van der Waals surface area contributed by atoms with E-state index in [1.54, 1.807) is 20.8 Å². The highest BCUT2D eigenvalue weighted by atomic mass is 16.5. The Morgan fingerprint density at radius 2 is 2.08 bits per heavy atom. The van der Waals surface area contributed by atoms with Gasteiger partial charge in [-0.25, -0.2) is 5.06 Å². The summed E-state index contributed by atoms with van der Waals surface area (Å²) in [4.78, 5) is 11.2. The van der Waals surface area contributed by atoms with E-state index in [1.807, 2.05) is 0 Å². The van der Waals surface area contributed by atoms with Gasteiger partial charge in [-0.15, -0.1) is 0 Å². The van der Waals surface area contributed by atoms with Crippen LogP contribution < -0.4 is 0 Å². The molecule has 5 nitrogen and oxygen atoms in total. The van der Waals surface area contributed by atoms with E-state index in [2.05, 4.69) is 0 Å². The minimum absolute atomic E-state index is 0.0191. The third-order valence-corrected chi connectivity index (χ3v) is 2.73. The van der Waals surface area contributed by atoms with Gasteiger partial charge in [0.1, 0.15) is 6.04 Å². The molecule has 13 heavy (non-hydrogen) atoms. The molecule has 0 aromatic rings. The van der Waals surface area contributed by atoms with Crippen molar-refractivity contribution in [3.63, 3.8) is 0 Å². The third-order valence-electron chi connectivity index (χ3n) is 2.73. The van der Waals surface area contributed by atoms with Crippen LogP contribution in [-0.4, -0.2) is 38.2 Å². The van der Waals surface area contributed by atoms with E-state index in [-0.39, 0.29) is 5.71 Å². The second-order valence-corrected chi connectivity index (χ2v) is 3.86. The second-order valence-electron chi connectivity index (χ2n) is 3.86. The van der Waals surface area contributed by atoms with E-state index in [4.69, 9.17) is 0 Å². The second kappa shape index (κ2) is 2.70. The van der Waals surface area contributed by atoms with Crippen molar-refractivity contribution >= 4 is 11.6 Å². The maximum atomic E-state index is 11.5. The molecule has 74 valence electrons. The highest BCUT2D eigenvalue weighted by molar-refractivity contribution is 6.35. The molecule has 0 aromatic heterocycles. The molecular weight excluding hydrogens is 172 g/mol. The van der Waals surface area contributed by atoms with Crippen LogP contribution in [0.4, 0.5) is 0 Å². The van der Waals surface area contributed by atoms with Gasteiger partial charge in [0.15, 0.2) is 5.54 Å². The lowest BCUT2D eigenvalue weighted by atomic mass is 9.93. The summed E-state index contributed by atoms with van der Waals surface area (Å²) in [5.74, 6) is -0.623. The Labute approximate surface area is 76.8 Å². The molecule has 1 heterocycles. The SMILES string of the molecule is CC1=[N+]([O-])C(C)(C)[C@@H](C)N(O)C1=O. The first-order valence-corrected chi connectivity index (χ1v) is 4.13. The average Bonchev–Trinajstić information content (AvgIpc) is 2.09. The molecule has 0 saturated carbocycles. The van der Waals surface area contributed by atoms with Crippen molar-refractivity contribution in [2.75, 3.05) is 0 Å². The van der Waals surface area contributed by atoms with Crippen molar-refractivity contribution < 1.29 is 14.7 Å². The van der Waals surface area contributed by atoms with Crippen LogP contribution in [0, 0.1) is 5.21 Å². The Bertz CT molecular complexity index is 283. The van der Waals surface area contributed by atoms with Gasteiger partial charge in [0.05, 0.1) is 0 Å². The van der Waals surface area contributed by atoms with E-state index in [0.29, 0.717) is 9.80 Å². The molecule has 5 heteroatoms. The molecule has 0 saturated heterocycles. The molecule has 1 atom stereocenters. The van der Waals surface area contributed by atoms with Crippen LogP contribution in [-0.2, 0) is 4.79 Å². The molecule has 0 bridgehead atoms. The molecule has 0 aliphatic carbocycles. The Balaban J connectivity index is 3.25. The maximum absolute atomic E-state index is 11.5. The van der Waals surface area contributed by atoms with E-state index < -0.39 is 17.5 Å². The van der Waals surface area contributed by atoms with E-state index in [1.165, 1.54) is 6.92 Å². The number of hydroxylamine groups is 3. The standard InChI is InChI=1S/C8H14N2O3/c1-5-7(11)9(12)6(2)8(3,4)10(5)13/h6,12H,1-4H3/t6-/m1/s1. The molecule has 0 unspecified atom stereocenters. The quantitative estimate of drug-likeness (QED) is 0.337. The number of hydrogen-bond acceptors (Lipinski definition) is 3. The zero-order valence-corrected chi connectivity index (χ0v) is 8.24. The van der Waals surface area contributed by atoms with Gasteiger partial charge >= 0.3 is 5.91 Å². The van der Waals surface area contributed by atoms with Crippen molar-refractivity contribution in [3.8, 4) is 0 Å². The van der Waals surface area contributed by atoms with Gasteiger partial charge < -0.3 is 5.21 Å². The number of hydrogen-bond donors (Lipinski definition) is 1. The van der Waals surface area contributed by atoms with Crippen molar-refractivity contribution in [1.82, 2.24) is 5.06 Å². The van der Waals surface area contributed by atoms with Gasteiger partial charge in [-0.05, 0) is 6.92 Å². The number of carbonyl (C=O) groups is 1. The van der Waals surface area contributed by atoms with Gasteiger partial charge in [-0.1, -0.05) is 0 Å². The smallest absolute Gasteiger partial charge is 0.338 e. The monoisotopic (exact) mass is 186 g/mol.